The highest BCUT2D eigenvalue weighted by molar-refractivity contribution is 6.20. The number of benzene rings is 8. The molecule has 1 aliphatic carbocycles. The normalized spacial score (nSPS) is 12.5. The molecule has 0 bridgehead atoms. The Labute approximate surface area is 318 Å². The fraction of sp³-hybridized carbons (Fsp3) is 0.0392. The molecule has 258 valence electrons. The number of aryl methyl sites for hydroxylation is 1. The average molecular weight is 703 g/mol. The lowest BCUT2D eigenvalue weighted by molar-refractivity contribution is 0.967. The highest BCUT2D eigenvalue weighted by Gasteiger charge is 2.23. The molecule has 0 N–H and O–H groups in total. The first-order valence-corrected chi connectivity index (χ1v) is 18.9. The minimum absolute atomic E-state index is 0.650. The molecule has 0 amide bonds. The third kappa shape index (κ3) is 5.18. The molecule has 4 heteroatoms. The second-order valence-corrected chi connectivity index (χ2v) is 14.3. The molecule has 0 unspecified atom stereocenters. The number of fused-ring (bicyclic) bond motifs is 7. The fourth-order valence-corrected chi connectivity index (χ4v) is 8.59. The van der Waals surface area contributed by atoms with E-state index in [0.29, 0.717) is 17.5 Å². The molecular weight excluding hydrogens is 669 g/mol. The maximum atomic E-state index is 5.27. The minimum atomic E-state index is 0.650. The average Bonchev–Trinajstić information content (AvgIpc) is 3.61. The smallest absolute Gasteiger partial charge is 0.164 e. The molecule has 0 saturated heterocycles. The van der Waals surface area contributed by atoms with Gasteiger partial charge in [0.1, 0.15) is 0 Å². The summed E-state index contributed by atoms with van der Waals surface area (Å²) in [7, 11) is 0. The van der Waals surface area contributed by atoms with Crippen LogP contribution in [0.1, 0.15) is 17.7 Å². The number of hydrogen-bond acceptors (Lipinski definition) is 3. The van der Waals surface area contributed by atoms with Gasteiger partial charge in [0.15, 0.2) is 17.5 Å². The van der Waals surface area contributed by atoms with Crippen LogP contribution in [0.2, 0.25) is 0 Å². The summed E-state index contributed by atoms with van der Waals surface area (Å²) in [5.74, 6) is 1.98. The number of allylic oxidation sites excluding steroid dienone is 1. The van der Waals surface area contributed by atoms with Crippen LogP contribution < -0.4 is 0 Å². The number of aromatic nitrogens is 4. The third-order valence-corrected chi connectivity index (χ3v) is 11.1. The first kappa shape index (κ1) is 31.4. The van der Waals surface area contributed by atoms with Gasteiger partial charge in [0, 0.05) is 33.5 Å². The summed E-state index contributed by atoms with van der Waals surface area (Å²) in [6.07, 6.45) is 6.51. The zero-order chi connectivity index (χ0) is 36.3. The Balaban J connectivity index is 1.10. The molecule has 55 heavy (non-hydrogen) atoms. The zero-order valence-electron chi connectivity index (χ0n) is 30.0. The van der Waals surface area contributed by atoms with E-state index in [-0.39, 0.29) is 0 Å². The summed E-state index contributed by atoms with van der Waals surface area (Å²) < 4.78 is 2.38. The Kier molecular flexibility index (Phi) is 7.27. The molecule has 0 fully saturated rings. The second-order valence-electron chi connectivity index (χ2n) is 14.3. The summed E-state index contributed by atoms with van der Waals surface area (Å²) in [6.45, 7) is 0. The molecule has 2 aromatic heterocycles. The molecule has 0 saturated carbocycles. The van der Waals surface area contributed by atoms with Crippen LogP contribution in [0, 0.1) is 0 Å². The first-order chi connectivity index (χ1) is 27.3. The van der Waals surface area contributed by atoms with Crippen LogP contribution in [-0.4, -0.2) is 19.5 Å². The Morgan fingerprint density at radius 2 is 1.11 bits per heavy atom. The number of rotatable bonds is 5. The molecule has 1 aliphatic rings. The van der Waals surface area contributed by atoms with E-state index in [1.54, 1.807) is 0 Å². The largest absolute Gasteiger partial charge is 0.310 e. The maximum Gasteiger partial charge on any atom is 0.164 e. The van der Waals surface area contributed by atoms with Gasteiger partial charge in [-0.3, -0.25) is 0 Å². The summed E-state index contributed by atoms with van der Waals surface area (Å²) in [6, 6.07) is 60.4. The van der Waals surface area contributed by atoms with Crippen molar-refractivity contribution in [2.75, 3.05) is 0 Å². The second kappa shape index (κ2) is 12.8. The van der Waals surface area contributed by atoms with Gasteiger partial charge in [0.25, 0.3) is 0 Å². The molecule has 0 spiro atoms. The van der Waals surface area contributed by atoms with Crippen molar-refractivity contribution in [2.24, 2.45) is 0 Å². The van der Waals surface area contributed by atoms with Crippen LogP contribution in [-0.2, 0) is 6.42 Å². The van der Waals surface area contributed by atoms with Crippen molar-refractivity contribution in [3.63, 3.8) is 0 Å². The van der Waals surface area contributed by atoms with Crippen LogP contribution in [0.3, 0.4) is 0 Å². The van der Waals surface area contributed by atoms with Gasteiger partial charge >= 0.3 is 0 Å². The lowest BCUT2D eigenvalue weighted by Crippen LogP contribution is -2.01. The van der Waals surface area contributed by atoms with Crippen molar-refractivity contribution in [3.8, 4) is 51.0 Å². The molecule has 11 rings (SSSR count). The van der Waals surface area contributed by atoms with Crippen LogP contribution in [0.4, 0.5) is 0 Å². The summed E-state index contributed by atoms with van der Waals surface area (Å²) in [5, 5.41) is 8.68. The van der Waals surface area contributed by atoms with Gasteiger partial charge in [-0.1, -0.05) is 152 Å². The van der Waals surface area contributed by atoms with Crippen LogP contribution >= 0.6 is 0 Å². The molecule has 0 atom stereocenters. The maximum absolute atomic E-state index is 5.27. The number of hydrogen-bond donors (Lipinski definition) is 0. The lowest BCUT2D eigenvalue weighted by Gasteiger charge is -2.15. The molecule has 8 aromatic carbocycles. The highest BCUT2D eigenvalue weighted by atomic mass is 15.0. The molecule has 0 aliphatic heterocycles. The quantitative estimate of drug-likeness (QED) is 0.132. The topological polar surface area (TPSA) is 43.6 Å². The van der Waals surface area contributed by atoms with Gasteiger partial charge in [0.2, 0.25) is 0 Å². The Morgan fingerprint density at radius 3 is 1.91 bits per heavy atom. The Bertz CT molecular complexity index is 3120. The fourth-order valence-electron chi connectivity index (χ4n) is 8.59. The molecule has 10 aromatic rings. The van der Waals surface area contributed by atoms with Crippen LogP contribution in [0.25, 0.3) is 100 Å². The van der Waals surface area contributed by atoms with Gasteiger partial charge in [-0.25, -0.2) is 15.0 Å². The molecule has 2 heterocycles. The Hall–Kier alpha value is -7.17. The van der Waals surface area contributed by atoms with E-state index in [4.69, 9.17) is 15.0 Å². The van der Waals surface area contributed by atoms with E-state index in [1.165, 1.54) is 54.5 Å². The van der Waals surface area contributed by atoms with E-state index in [2.05, 4.69) is 168 Å². The minimum Gasteiger partial charge on any atom is -0.310 e. The summed E-state index contributed by atoms with van der Waals surface area (Å²) >= 11 is 0. The van der Waals surface area contributed by atoms with Crippen molar-refractivity contribution in [1.82, 2.24) is 19.5 Å². The van der Waals surface area contributed by atoms with E-state index in [9.17, 15) is 0 Å². The molecule has 4 nitrogen and oxygen atoms in total. The number of nitrogens with zero attached hydrogens (tertiary/aromatic N) is 4. The van der Waals surface area contributed by atoms with Crippen molar-refractivity contribution >= 4 is 49.3 Å². The van der Waals surface area contributed by atoms with Gasteiger partial charge < -0.3 is 4.57 Å². The van der Waals surface area contributed by atoms with E-state index >= 15 is 0 Å². The number of para-hydroxylation sites is 1. The van der Waals surface area contributed by atoms with Crippen LogP contribution in [0.5, 0.6) is 0 Å². The van der Waals surface area contributed by atoms with E-state index < -0.39 is 0 Å². The third-order valence-electron chi connectivity index (χ3n) is 11.1. The van der Waals surface area contributed by atoms with Gasteiger partial charge in [0.05, 0.1) is 5.52 Å². The van der Waals surface area contributed by atoms with Crippen molar-refractivity contribution in [1.29, 1.82) is 0 Å². The van der Waals surface area contributed by atoms with Crippen molar-refractivity contribution in [3.05, 3.63) is 187 Å². The lowest BCUT2D eigenvalue weighted by atomic mass is 9.89. The van der Waals surface area contributed by atoms with E-state index in [1.807, 2.05) is 18.2 Å². The van der Waals surface area contributed by atoms with Crippen molar-refractivity contribution in [2.45, 2.75) is 12.8 Å². The Morgan fingerprint density at radius 1 is 0.455 bits per heavy atom. The molecule has 0 radical (unpaired) electrons. The SMILES string of the molecule is C1=Cc2c(c3c(-c4nc(-c5ccccc5)nc(-c5ccc(-c6c7ccccc7cc7c6ccc6ccccc67)cc5)n4)cccc3n2-c2ccccc2)CC1. The highest BCUT2D eigenvalue weighted by Crippen LogP contribution is 2.41. The predicted octanol–water partition coefficient (Wildman–Crippen LogP) is 12.9. The van der Waals surface area contributed by atoms with E-state index in [0.717, 1.165) is 46.3 Å². The van der Waals surface area contributed by atoms with Gasteiger partial charge in [-0.15, -0.1) is 0 Å². The van der Waals surface area contributed by atoms with Gasteiger partial charge in [-0.2, -0.15) is 0 Å². The zero-order valence-corrected chi connectivity index (χ0v) is 30.0. The summed E-state index contributed by atoms with van der Waals surface area (Å²) in [5.41, 5.74) is 10.2. The standard InChI is InChI=1S/C51H34N4/c1-3-15-35(16-4-1)49-52-50(54-51(53-49)43-23-13-25-46-48(43)42-22-11-12-24-45(42)55(46)38-18-5-2-6-19-38)36-28-26-34(27-29-36)47-40-21-10-8-17-37(40)32-44-39-20-9-7-14-33(39)30-31-41(44)47/h1-10,12-21,23-32H,11,22H2. The molecular formula is C51H34N4. The predicted molar refractivity (Wildman–Crippen MR) is 228 cm³/mol. The van der Waals surface area contributed by atoms with Gasteiger partial charge in [-0.05, 0) is 92.2 Å². The van der Waals surface area contributed by atoms with Crippen molar-refractivity contribution < 1.29 is 0 Å². The van der Waals surface area contributed by atoms with Crippen LogP contribution in [0.15, 0.2) is 176 Å². The monoisotopic (exact) mass is 702 g/mol. The summed E-state index contributed by atoms with van der Waals surface area (Å²) in [4.78, 5) is 15.6. The first-order valence-electron chi connectivity index (χ1n) is 18.9.